The Hall–Kier alpha value is -1.88. The second-order valence-corrected chi connectivity index (χ2v) is 4.50. The average Bonchev–Trinajstić information content (AvgIpc) is 2.35. The van der Waals surface area contributed by atoms with E-state index in [1.54, 1.807) is 31.3 Å². The lowest BCUT2D eigenvalue weighted by Gasteiger charge is -2.34. The number of rotatable bonds is 3. The van der Waals surface area contributed by atoms with Crippen molar-refractivity contribution < 1.29 is 14.3 Å². The third-order valence-corrected chi connectivity index (χ3v) is 3.21. The highest BCUT2D eigenvalue weighted by Crippen LogP contribution is 2.30. The van der Waals surface area contributed by atoms with Crippen LogP contribution in [0.5, 0.6) is 5.75 Å². The second kappa shape index (κ2) is 4.78. The van der Waals surface area contributed by atoms with Crippen LogP contribution in [0.3, 0.4) is 0 Å². The number of benzene rings is 1. The van der Waals surface area contributed by atoms with Gasteiger partial charge in [-0.3, -0.25) is 4.79 Å². The fraction of sp³-hybridized carbons (Fsp3) is 0.385. The van der Waals surface area contributed by atoms with Gasteiger partial charge in [-0.1, -0.05) is 0 Å². The molecule has 0 aliphatic heterocycles. The first-order valence-corrected chi connectivity index (χ1v) is 5.88. The van der Waals surface area contributed by atoms with E-state index in [4.69, 9.17) is 10.5 Å². The molecular weight excluding hydrogens is 232 g/mol. The average molecular weight is 248 g/mol. The highest BCUT2D eigenvalue weighted by Gasteiger charge is 2.41. The van der Waals surface area contributed by atoms with Gasteiger partial charge in [0.05, 0.1) is 0 Å². The molecule has 96 valence electrons. The lowest BCUT2D eigenvalue weighted by atomic mass is 9.78. The molecule has 0 spiro atoms. The number of esters is 1. The first kappa shape index (κ1) is 12.6. The Morgan fingerprint density at radius 1 is 1.28 bits per heavy atom. The zero-order chi connectivity index (χ0) is 13.2. The van der Waals surface area contributed by atoms with Gasteiger partial charge in [-0.05, 0) is 43.5 Å². The number of hydrogen-bond acceptors (Lipinski definition) is 4. The molecule has 0 saturated heterocycles. The van der Waals surface area contributed by atoms with Crippen molar-refractivity contribution in [3.63, 3.8) is 0 Å². The molecule has 0 bridgehead atoms. The van der Waals surface area contributed by atoms with Crippen LogP contribution in [0.25, 0.3) is 0 Å². The summed E-state index contributed by atoms with van der Waals surface area (Å²) < 4.78 is 5.19. The molecule has 0 radical (unpaired) electrons. The van der Waals surface area contributed by atoms with E-state index in [-0.39, 0.29) is 5.91 Å². The topological polar surface area (TPSA) is 81.4 Å². The zero-order valence-electron chi connectivity index (χ0n) is 10.2. The van der Waals surface area contributed by atoms with Gasteiger partial charge < -0.3 is 15.8 Å². The Bertz CT molecular complexity index is 464. The SMILES string of the molecule is CNC(=O)c1ccc(OC(=O)C2(N)CCC2)cc1. The molecule has 3 N–H and O–H groups in total. The summed E-state index contributed by atoms with van der Waals surface area (Å²) >= 11 is 0. The van der Waals surface area contributed by atoms with Crippen molar-refractivity contribution in [3.8, 4) is 5.75 Å². The summed E-state index contributed by atoms with van der Waals surface area (Å²) in [5.41, 5.74) is 5.55. The van der Waals surface area contributed by atoms with Gasteiger partial charge in [-0.15, -0.1) is 0 Å². The molecule has 2 rings (SSSR count). The highest BCUT2D eigenvalue weighted by atomic mass is 16.5. The minimum Gasteiger partial charge on any atom is -0.425 e. The largest absolute Gasteiger partial charge is 0.425 e. The second-order valence-electron chi connectivity index (χ2n) is 4.50. The van der Waals surface area contributed by atoms with Gasteiger partial charge in [0.25, 0.3) is 5.91 Å². The number of amides is 1. The minimum atomic E-state index is -0.820. The van der Waals surface area contributed by atoms with E-state index in [9.17, 15) is 9.59 Å². The van der Waals surface area contributed by atoms with Crippen molar-refractivity contribution in [1.82, 2.24) is 5.32 Å². The first-order chi connectivity index (χ1) is 8.55. The molecule has 1 amide bonds. The van der Waals surface area contributed by atoms with Crippen molar-refractivity contribution >= 4 is 11.9 Å². The standard InChI is InChI=1S/C13H16N2O3/c1-15-11(16)9-3-5-10(6-4-9)18-12(17)13(14)7-2-8-13/h3-6H,2,7-8,14H2,1H3,(H,15,16). The molecule has 1 aliphatic carbocycles. The van der Waals surface area contributed by atoms with Crippen LogP contribution in [0.15, 0.2) is 24.3 Å². The summed E-state index contributed by atoms with van der Waals surface area (Å²) in [6, 6.07) is 6.38. The molecular formula is C13H16N2O3. The van der Waals surface area contributed by atoms with Crippen molar-refractivity contribution in [2.24, 2.45) is 5.73 Å². The molecule has 5 nitrogen and oxygen atoms in total. The molecule has 0 unspecified atom stereocenters. The van der Waals surface area contributed by atoms with Gasteiger partial charge in [0.15, 0.2) is 0 Å². The van der Waals surface area contributed by atoms with Crippen LogP contribution in [0.2, 0.25) is 0 Å². The Morgan fingerprint density at radius 3 is 2.33 bits per heavy atom. The Morgan fingerprint density at radius 2 is 1.89 bits per heavy atom. The maximum atomic E-state index is 11.8. The van der Waals surface area contributed by atoms with Crippen LogP contribution in [0.4, 0.5) is 0 Å². The summed E-state index contributed by atoms with van der Waals surface area (Å²) in [5, 5.41) is 2.52. The summed E-state index contributed by atoms with van der Waals surface area (Å²) in [4.78, 5) is 23.1. The highest BCUT2D eigenvalue weighted by molar-refractivity contribution is 5.94. The number of nitrogens with one attached hydrogen (secondary N) is 1. The van der Waals surface area contributed by atoms with Gasteiger partial charge in [0, 0.05) is 12.6 Å². The summed E-state index contributed by atoms with van der Waals surface area (Å²) in [5.74, 6) is -0.173. The predicted molar refractivity (Wildman–Crippen MR) is 66.2 cm³/mol. The Kier molecular flexibility index (Phi) is 3.34. The van der Waals surface area contributed by atoms with Crippen molar-refractivity contribution in [1.29, 1.82) is 0 Å². The zero-order valence-corrected chi connectivity index (χ0v) is 10.2. The maximum Gasteiger partial charge on any atom is 0.331 e. The van der Waals surface area contributed by atoms with E-state index < -0.39 is 11.5 Å². The van der Waals surface area contributed by atoms with Crippen molar-refractivity contribution in [2.45, 2.75) is 24.8 Å². The lowest BCUT2D eigenvalue weighted by molar-refractivity contribution is -0.143. The predicted octanol–water partition coefficient (Wildman–Crippen LogP) is 0.833. The fourth-order valence-electron chi connectivity index (χ4n) is 1.79. The lowest BCUT2D eigenvalue weighted by Crippen LogP contribution is -2.55. The molecule has 0 aromatic heterocycles. The van der Waals surface area contributed by atoms with Gasteiger partial charge in [-0.2, -0.15) is 0 Å². The van der Waals surface area contributed by atoms with Crippen LogP contribution in [0, 0.1) is 0 Å². The summed E-state index contributed by atoms with van der Waals surface area (Å²) in [6.07, 6.45) is 2.30. The van der Waals surface area contributed by atoms with E-state index >= 15 is 0 Å². The molecule has 18 heavy (non-hydrogen) atoms. The number of carbonyl (C=O) groups is 2. The molecule has 1 aliphatic rings. The molecule has 1 aromatic rings. The number of carbonyl (C=O) groups excluding carboxylic acids is 2. The van der Waals surface area contributed by atoms with Crippen LogP contribution in [-0.4, -0.2) is 24.5 Å². The molecule has 0 atom stereocenters. The molecule has 5 heteroatoms. The first-order valence-electron chi connectivity index (χ1n) is 5.88. The van der Waals surface area contributed by atoms with Crippen molar-refractivity contribution in [3.05, 3.63) is 29.8 Å². The van der Waals surface area contributed by atoms with E-state index in [2.05, 4.69) is 5.32 Å². The number of nitrogens with two attached hydrogens (primary N) is 1. The Labute approximate surface area is 105 Å². The monoisotopic (exact) mass is 248 g/mol. The Balaban J connectivity index is 2.02. The van der Waals surface area contributed by atoms with Gasteiger partial charge >= 0.3 is 5.97 Å². The van der Waals surface area contributed by atoms with E-state index in [1.165, 1.54) is 0 Å². The third kappa shape index (κ3) is 2.36. The fourth-order valence-corrected chi connectivity index (χ4v) is 1.79. The van der Waals surface area contributed by atoms with E-state index in [0.29, 0.717) is 24.2 Å². The minimum absolute atomic E-state index is 0.179. The van der Waals surface area contributed by atoms with Crippen LogP contribution in [0.1, 0.15) is 29.6 Å². The number of ether oxygens (including phenoxy) is 1. The van der Waals surface area contributed by atoms with Crippen molar-refractivity contribution in [2.75, 3.05) is 7.05 Å². The quantitative estimate of drug-likeness (QED) is 0.613. The van der Waals surface area contributed by atoms with Crippen LogP contribution in [-0.2, 0) is 4.79 Å². The maximum absolute atomic E-state index is 11.8. The van der Waals surface area contributed by atoms with Crippen LogP contribution >= 0.6 is 0 Å². The normalized spacial score (nSPS) is 16.6. The molecule has 0 heterocycles. The smallest absolute Gasteiger partial charge is 0.331 e. The van der Waals surface area contributed by atoms with Crippen LogP contribution < -0.4 is 15.8 Å². The summed E-state index contributed by atoms with van der Waals surface area (Å²) in [7, 11) is 1.56. The van der Waals surface area contributed by atoms with E-state index in [0.717, 1.165) is 6.42 Å². The summed E-state index contributed by atoms with van der Waals surface area (Å²) in [6.45, 7) is 0. The molecule has 1 fully saturated rings. The van der Waals surface area contributed by atoms with E-state index in [1.807, 2.05) is 0 Å². The third-order valence-electron chi connectivity index (χ3n) is 3.21. The van der Waals surface area contributed by atoms with Gasteiger partial charge in [-0.25, -0.2) is 4.79 Å². The number of hydrogen-bond donors (Lipinski definition) is 2. The molecule has 1 aromatic carbocycles. The van der Waals surface area contributed by atoms with Gasteiger partial charge in [0.2, 0.25) is 0 Å². The van der Waals surface area contributed by atoms with Gasteiger partial charge in [0.1, 0.15) is 11.3 Å². The molecule has 1 saturated carbocycles.